The molecule has 3 rings (SSSR count). The number of anilines is 2. The fraction of sp³-hybridized carbons (Fsp3) is 0.0667. The number of carboxylic acids is 1. The molecule has 2 aromatic carbocycles. The topological polar surface area (TPSA) is 62.2 Å². The number of fused-ring (bicyclic) bond motifs is 1. The lowest BCUT2D eigenvalue weighted by Crippen LogP contribution is -2.00. The quantitative estimate of drug-likeness (QED) is 0.738. The van der Waals surface area contributed by atoms with Crippen molar-refractivity contribution in [1.29, 1.82) is 0 Å². The zero-order chi connectivity index (χ0) is 15.7. The molecule has 0 atom stereocenters. The summed E-state index contributed by atoms with van der Waals surface area (Å²) in [6, 6.07) is 9.42. The number of thiazole rings is 1. The van der Waals surface area contributed by atoms with E-state index in [1.54, 1.807) is 24.3 Å². The van der Waals surface area contributed by atoms with Gasteiger partial charge in [-0.3, -0.25) is 4.79 Å². The van der Waals surface area contributed by atoms with Gasteiger partial charge in [0.15, 0.2) is 5.13 Å². The van der Waals surface area contributed by atoms with E-state index in [4.69, 9.17) is 16.7 Å². The fourth-order valence-electron chi connectivity index (χ4n) is 2.01. The molecule has 0 saturated heterocycles. The van der Waals surface area contributed by atoms with Gasteiger partial charge < -0.3 is 10.4 Å². The largest absolute Gasteiger partial charge is 0.481 e. The molecule has 4 nitrogen and oxygen atoms in total. The number of nitrogens with one attached hydrogen (secondary N) is 1. The van der Waals surface area contributed by atoms with Crippen molar-refractivity contribution < 1.29 is 14.3 Å². The molecule has 7 heteroatoms. The van der Waals surface area contributed by atoms with Crippen LogP contribution in [0.25, 0.3) is 10.2 Å². The lowest BCUT2D eigenvalue weighted by atomic mass is 10.1. The Kier molecular flexibility index (Phi) is 3.96. The third kappa shape index (κ3) is 3.18. The molecule has 0 spiro atoms. The van der Waals surface area contributed by atoms with Gasteiger partial charge in [-0.15, -0.1) is 0 Å². The second kappa shape index (κ2) is 5.90. The molecule has 0 aliphatic rings. The van der Waals surface area contributed by atoms with Gasteiger partial charge in [0.25, 0.3) is 0 Å². The average molecular weight is 337 g/mol. The first kappa shape index (κ1) is 14.7. The normalized spacial score (nSPS) is 10.8. The fourth-order valence-corrected chi connectivity index (χ4v) is 3.12. The average Bonchev–Trinajstić information content (AvgIpc) is 2.82. The predicted octanol–water partition coefficient (Wildman–Crippen LogP) is 4.46. The van der Waals surface area contributed by atoms with Gasteiger partial charge in [0.05, 0.1) is 27.3 Å². The number of benzene rings is 2. The van der Waals surface area contributed by atoms with E-state index >= 15 is 0 Å². The van der Waals surface area contributed by atoms with Crippen molar-refractivity contribution in [3.05, 3.63) is 52.8 Å². The molecule has 1 aromatic heterocycles. The van der Waals surface area contributed by atoms with Crippen LogP contribution in [0.15, 0.2) is 36.4 Å². The molecule has 0 bridgehead atoms. The first-order chi connectivity index (χ1) is 10.5. The van der Waals surface area contributed by atoms with Gasteiger partial charge in [0.1, 0.15) is 5.82 Å². The van der Waals surface area contributed by atoms with Crippen LogP contribution in [0, 0.1) is 5.82 Å². The summed E-state index contributed by atoms with van der Waals surface area (Å²) >= 11 is 7.53. The van der Waals surface area contributed by atoms with Gasteiger partial charge in [0.2, 0.25) is 0 Å². The highest BCUT2D eigenvalue weighted by atomic mass is 35.5. The summed E-state index contributed by atoms with van der Waals surface area (Å²) in [5.74, 6) is -1.25. The predicted molar refractivity (Wildman–Crippen MR) is 85.7 cm³/mol. The van der Waals surface area contributed by atoms with Gasteiger partial charge >= 0.3 is 5.97 Å². The molecule has 0 unspecified atom stereocenters. The highest BCUT2D eigenvalue weighted by molar-refractivity contribution is 7.22. The third-order valence-corrected chi connectivity index (χ3v) is 4.24. The van der Waals surface area contributed by atoms with E-state index in [1.165, 1.54) is 23.5 Å². The minimum Gasteiger partial charge on any atom is -0.481 e. The summed E-state index contributed by atoms with van der Waals surface area (Å²) < 4.78 is 14.0. The Labute approximate surface area is 134 Å². The van der Waals surface area contributed by atoms with E-state index < -0.39 is 5.97 Å². The number of rotatable bonds is 4. The number of aliphatic carboxylic acids is 1. The first-order valence-corrected chi connectivity index (χ1v) is 7.54. The Hall–Kier alpha value is -2.18. The van der Waals surface area contributed by atoms with Gasteiger partial charge in [-0.25, -0.2) is 9.37 Å². The van der Waals surface area contributed by atoms with E-state index in [-0.39, 0.29) is 12.2 Å². The van der Waals surface area contributed by atoms with Crippen molar-refractivity contribution in [2.24, 2.45) is 0 Å². The molecular formula is C15H10ClFN2O2S. The third-order valence-electron chi connectivity index (χ3n) is 2.98. The number of nitrogens with zero attached hydrogens (tertiary/aromatic N) is 1. The minimum absolute atomic E-state index is 0.0829. The smallest absolute Gasteiger partial charge is 0.307 e. The molecule has 0 saturated carbocycles. The van der Waals surface area contributed by atoms with Gasteiger partial charge in [-0.1, -0.05) is 29.0 Å². The van der Waals surface area contributed by atoms with Gasteiger partial charge in [-0.05, 0) is 29.8 Å². The Morgan fingerprint density at radius 2 is 2.14 bits per heavy atom. The van der Waals surface area contributed by atoms with Crippen LogP contribution in [0.1, 0.15) is 5.56 Å². The zero-order valence-electron chi connectivity index (χ0n) is 11.1. The van der Waals surface area contributed by atoms with Crippen LogP contribution in [0.5, 0.6) is 0 Å². The summed E-state index contributed by atoms with van der Waals surface area (Å²) in [6.07, 6.45) is -0.0829. The molecule has 0 aliphatic heterocycles. The summed E-state index contributed by atoms with van der Waals surface area (Å²) in [7, 11) is 0. The maximum absolute atomic E-state index is 13.2. The van der Waals surface area contributed by atoms with Crippen molar-refractivity contribution in [2.75, 3.05) is 5.32 Å². The Morgan fingerprint density at radius 1 is 1.32 bits per heavy atom. The van der Waals surface area contributed by atoms with E-state index in [1.807, 2.05) is 0 Å². The number of halogens is 2. The highest BCUT2D eigenvalue weighted by Crippen LogP contribution is 2.31. The SMILES string of the molecule is O=C(O)Cc1ccc(Nc2nc3cc(F)ccc3s2)c(Cl)c1. The summed E-state index contributed by atoms with van der Waals surface area (Å²) in [5, 5.41) is 12.8. The standard InChI is InChI=1S/C15H10ClFN2O2S/c16-10-5-8(6-14(20)21)1-3-11(10)18-15-19-12-7-9(17)2-4-13(12)22-15/h1-5,7H,6H2,(H,18,19)(H,20,21). The Bertz CT molecular complexity index is 866. The maximum atomic E-state index is 13.2. The van der Waals surface area contributed by atoms with Crippen LogP contribution in [-0.4, -0.2) is 16.1 Å². The van der Waals surface area contributed by atoms with E-state index in [9.17, 15) is 9.18 Å². The van der Waals surface area contributed by atoms with E-state index in [2.05, 4.69) is 10.3 Å². The van der Waals surface area contributed by atoms with E-state index in [0.717, 1.165) is 4.70 Å². The second-order valence-corrected chi connectivity index (χ2v) is 6.08. The number of hydrogen-bond acceptors (Lipinski definition) is 4. The first-order valence-electron chi connectivity index (χ1n) is 6.34. The lowest BCUT2D eigenvalue weighted by Gasteiger charge is -2.06. The van der Waals surface area contributed by atoms with Crippen LogP contribution in [0.2, 0.25) is 5.02 Å². The van der Waals surface area contributed by atoms with E-state index in [0.29, 0.717) is 26.9 Å². The molecule has 0 amide bonds. The lowest BCUT2D eigenvalue weighted by molar-refractivity contribution is -0.136. The molecule has 0 fully saturated rings. The molecular weight excluding hydrogens is 327 g/mol. The molecule has 2 N–H and O–H groups in total. The van der Waals surface area contributed by atoms with Crippen molar-refractivity contribution in [2.45, 2.75) is 6.42 Å². The molecule has 0 aliphatic carbocycles. The molecule has 3 aromatic rings. The van der Waals surface area contributed by atoms with Crippen LogP contribution < -0.4 is 5.32 Å². The van der Waals surface area contributed by atoms with Crippen molar-refractivity contribution in [1.82, 2.24) is 4.98 Å². The minimum atomic E-state index is -0.912. The monoisotopic (exact) mass is 336 g/mol. The highest BCUT2D eigenvalue weighted by Gasteiger charge is 2.09. The van der Waals surface area contributed by atoms with Crippen LogP contribution in [-0.2, 0) is 11.2 Å². The van der Waals surface area contributed by atoms with Gasteiger partial charge in [0, 0.05) is 6.07 Å². The molecule has 1 heterocycles. The van der Waals surface area contributed by atoms with Crippen LogP contribution >= 0.6 is 22.9 Å². The van der Waals surface area contributed by atoms with Crippen molar-refractivity contribution in [3.8, 4) is 0 Å². The molecule has 112 valence electrons. The maximum Gasteiger partial charge on any atom is 0.307 e. The second-order valence-electron chi connectivity index (χ2n) is 4.64. The van der Waals surface area contributed by atoms with Gasteiger partial charge in [-0.2, -0.15) is 0 Å². The number of carboxylic acid groups (broad SMARTS) is 1. The van der Waals surface area contributed by atoms with Crippen LogP contribution in [0.3, 0.4) is 0 Å². The summed E-state index contributed by atoms with van der Waals surface area (Å²) in [6.45, 7) is 0. The zero-order valence-corrected chi connectivity index (χ0v) is 12.7. The molecule has 22 heavy (non-hydrogen) atoms. The summed E-state index contributed by atoms with van der Waals surface area (Å²) in [5.41, 5.74) is 1.82. The number of aromatic nitrogens is 1. The number of carbonyl (C=O) groups is 1. The van der Waals surface area contributed by atoms with Crippen LogP contribution in [0.4, 0.5) is 15.2 Å². The number of hydrogen-bond donors (Lipinski definition) is 2. The van der Waals surface area contributed by atoms with Crippen molar-refractivity contribution in [3.63, 3.8) is 0 Å². The van der Waals surface area contributed by atoms with Crippen molar-refractivity contribution >= 4 is 49.9 Å². The summed E-state index contributed by atoms with van der Waals surface area (Å²) in [4.78, 5) is 15.0. The molecule has 0 radical (unpaired) electrons. The Balaban J connectivity index is 1.86. The Morgan fingerprint density at radius 3 is 2.86 bits per heavy atom.